The van der Waals surface area contributed by atoms with Gasteiger partial charge in [-0.1, -0.05) is 42.5 Å². The lowest BCUT2D eigenvalue weighted by atomic mass is 9.91. The van der Waals surface area contributed by atoms with Crippen LogP contribution in [0.25, 0.3) is 0 Å². The molecule has 0 radical (unpaired) electrons. The smallest absolute Gasteiger partial charge is 0.416 e. The highest BCUT2D eigenvalue weighted by Crippen LogP contribution is 2.35. The van der Waals surface area contributed by atoms with Crippen LogP contribution in [-0.4, -0.2) is 29.1 Å². The average molecular weight is 363 g/mol. The molecule has 1 saturated heterocycles. The molecule has 0 aromatic heterocycles. The summed E-state index contributed by atoms with van der Waals surface area (Å²) < 4.78 is 38.6. The quantitative estimate of drug-likeness (QED) is 0.864. The van der Waals surface area contributed by atoms with Gasteiger partial charge in [0.2, 0.25) is 0 Å². The van der Waals surface area contributed by atoms with Crippen LogP contribution in [0.3, 0.4) is 0 Å². The molecule has 0 amide bonds. The average Bonchev–Trinajstić information content (AvgIpc) is 2.63. The number of carbonyl (C=O) groups is 1. The van der Waals surface area contributed by atoms with E-state index in [9.17, 15) is 23.1 Å². The van der Waals surface area contributed by atoms with Crippen LogP contribution >= 0.6 is 0 Å². The van der Waals surface area contributed by atoms with Crippen LogP contribution in [0.2, 0.25) is 0 Å². The molecule has 1 N–H and O–H groups in total. The maximum Gasteiger partial charge on any atom is 0.416 e. The Morgan fingerprint density at radius 1 is 0.962 bits per heavy atom. The van der Waals surface area contributed by atoms with Gasteiger partial charge in [0.25, 0.3) is 0 Å². The SMILES string of the molecule is O=C(O)C1CCN(C(c2ccccc2)c2ccc(C(F)(F)F)cc2)CC1. The lowest BCUT2D eigenvalue weighted by Crippen LogP contribution is -2.39. The molecule has 1 aliphatic rings. The summed E-state index contributed by atoms with van der Waals surface area (Å²) >= 11 is 0. The van der Waals surface area contributed by atoms with E-state index in [1.165, 1.54) is 12.1 Å². The minimum atomic E-state index is -4.36. The molecule has 0 saturated carbocycles. The van der Waals surface area contributed by atoms with Crippen LogP contribution in [0.15, 0.2) is 54.6 Å². The Hall–Kier alpha value is -2.34. The largest absolute Gasteiger partial charge is 0.481 e. The van der Waals surface area contributed by atoms with Gasteiger partial charge in [0.15, 0.2) is 0 Å². The minimum absolute atomic E-state index is 0.187. The fourth-order valence-corrected chi connectivity index (χ4v) is 3.51. The van der Waals surface area contributed by atoms with Crippen LogP contribution in [0, 0.1) is 5.92 Å². The zero-order chi connectivity index (χ0) is 18.7. The fourth-order valence-electron chi connectivity index (χ4n) is 3.51. The van der Waals surface area contributed by atoms with Gasteiger partial charge in [0.1, 0.15) is 0 Å². The second-order valence-electron chi connectivity index (χ2n) is 6.58. The first-order chi connectivity index (χ1) is 12.4. The van der Waals surface area contributed by atoms with E-state index in [4.69, 9.17) is 0 Å². The molecule has 2 aromatic carbocycles. The second-order valence-corrected chi connectivity index (χ2v) is 6.58. The molecule has 6 heteroatoms. The van der Waals surface area contributed by atoms with Crippen molar-refractivity contribution in [2.24, 2.45) is 5.92 Å². The number of aliphatic carboxylic acids is 1. The van der Waals surface area contributed by atoms with Crippen molar-refractivity contribution in [1.82, 2.24) is 4.90 Å². The molecule has 0 aliphatic carbocycles. The number of rotatable bonds is 4. The number of carboxylic acids is 1. The number of nitrogens with zero attached hydrogens (tertiary/aromatic N) is 1. The Kier molecular flexibility index (Phi) is 5.32. The summed E-state index contributed by atoms with van der Waals surface area (Å²) in [5.74, 6) is -1.13. The molecular weight excluding hydrogens is 343 g/mol. The van der Waals surface area contributed by atoms with Crippen LogP contribution in [0.4, 0.5) is 13.2 Å². The Bertz CT molecular complexity index is 736. The van der Waals surface area contributed by atoms with E-state index in [0.29, 0.717) is 25.9 Å². The molecule has 1 fully saturated rings. The van der Waals surface area contributed by atoms with Gasteiger partial charge < -0.3 is 5.11 Å². The minimum Gasteiger partial charge on any atom is -0.481 e. The van der Waals surface area contributed by atoms with Crippen molar-refractivity contribution >= 4 is 5.97 Å². The summed E-state index contributed by atoms with van der Waals surface area (Å²) in [6.07, 6.45) is -3.28. The molecule has 1 heterocycles. The highest BCUT2D eigenvalue weighted by Gasteiger charge is 2.32. The highest BCUT2D eigenvalue weighted by molar-refractivity contribution is 5.70. The molecule has 0 spiro atoms. The number of piperidine rings is 1. The van der Waals surface area contributed by atoms with Gasteiger partial charge in [-0.15, -0.1) is 0 Å². The molecule has 3 rings (SSSR count). The molecule has 1 unspecified atom stereocenters. The number of hydrogen-bond acceptors (Lipinski definition) is 2. The van der Waals surface area contributed by atoms with Gasteiger partial charge in [-0.05, 0) is 49.2 Å². The lowest BCUT2D eigenvalue weighted by Gasteiger charge is -2.37. The van der Waals surface area contributed by atoms with Gasteiger partial charge in [0, 0.05) is 0 Å². The number of halogens is 3. The number of hydrogen-bond donors (Lipinski definition) is 1. The third-order valence-electron chi connectivity index (χ3n) is 4.91. The van der Waals surface area contributed by atoms with Crippen molar-refractivity contribution < 1.29 is 23.1 Å². The van der Waals surface area contributed by atoms with E-state index in [1.807, 2.05) is 30.3 Å². The molecule has 1 atom stereocenters. The van der Waals surface area contributed by atoms with E-state index in [0.717, 1.165) is 23.3 Å². The van der Waals surface area contributed by atoms with Gasteiger partial charge in [-0.2, -0.15) is 13.2 Å². The normalized spacial score (nSPS) is 17.8. The van der Waals surface area contributed by atoms with E-state index in [2.05, 4.69) is 4.90 Å². The van der Waals surface area contributed by atoms with E-state index >= 15 is 0 Å². The van der Waals surface area contributed by atoms with Crippen molar-refractivity contribution in [3.63, 3.8) is 0 Å². The van der Waals surface area contributed by atoms with Gasteiger partial charge >= 0.3 is 12.1 Å². The third-order valence-corrected chi connectivity index (χ3v) is 4.91. The highest BCUT2D eigenvalue weighted by atomic mass is 19.4. The lowest BCUT2D eigenvalue weighted by molar-refractivity contribution is -0.143. The number of likely N-dealkylation sites (tertiary alicyclic amines) is 1. The third kappa shape index (κ3) is 4.07. The van der Waals surface area contributed by atoms with E-state index in [-0.39, 0.29) is 12.0 Å². The van der Waals surface area contributed by atoms with Crippen LogP contribution in [-0.2, 0) is 11.0 Å². The molecule has 3 nitrogen and oxygen atoms in total. The van der Waals surface area contributed by atoms with Crippen molar-refractivity contribution in [2.75, 3.05) is 13.1 Å². The van der Waals surface area contributed by atoms with Gasteiger partial charge in [-0.25, -0.2) is 0 Å². The second kappa shape index (κ2) is 7.50. The van der Waals surface area contributed by atoms with Crippen LogP contribution in [0.5, 0.6) is 0 Å². The summed E-state index contributed by atoms with van der Waals surface area (Å²) in [5, 5.41) is 9.18. The molecule has 26 heavy (non-hydrogen) atoms. The van der Waals surface area contributed by atoms with Crippen LogP contribution in [0.1, 0.15) is 35.6 Å². The topological polar surface area (TPSA) is 40.5 Å². The first-order valence-electron chi connectivity index (χ1n) is 8.55. The summed E-state index contributed by atoms with van der Waals surface area (Å²) in [6, 6.07) is 14.7. The summed E-state index contributed by atoms with van der Waals surface area (Å²) in [5.41, 5.74) is 1.09. The predicted molar refractivity (Wildman–Crippen MR) is 91.7 cm³/mol. The Morgan fingerprint density at radius 2 is 1.50 bits per heavy atom. The van der Waals surface area contributed by atoms with Crippen molar-refractivity contribution in [3.05, 3.63) is 71.3 Å². The zero-order valence-electron chi connectivity index (χ0n) is 14.1. The maximum absolute atomic E-state index is 12.9. The fraction of sp³-hybridized carbons (Fsp3) is 0.350. The Labute approximate surface area is 150 Å². The molecule has 1 aliphatic heterocycles. The summed E-state index contributed by atoms with van der Waals surface area (Å²) in [6.45, 7) is 1.19. The standard InChI is InChI=1S/C20H20F3NO2/c21-20(22,23)17-8-6-15(7-9-17)18(14-4-2-1-3-5-14)24-12-10-16(11-13-24)19(25)26/h1-9,16,18H,10-13H2,(H,25,26). The first-order valence-corrected chi connectivity index (χ1v) is 8.55. The van der Waals surface area contributed by atoms with Gasteiger partial charge in [0.05, 0.1) is 17.5 Å². The van der Waals surface area contributed by atoms with E-state index in [1.54, 1.807) is 0 Å². The van der Waals surface area contributed by atoms with E-state index < -0.39 is 17.7 Å². The first kappa shape index (κ1) is 18.5. The number of carboxylic acid groups (broad SMARTS) is 1. The number of alkyl halides is 3. The Morgan fingerprint density at radius 3 is 2.00 bits per heavy atom. The van der Waals surface area contributed by atoms with Crippen molar-refractivity contribution in [3.8, 4) is 0 Å². The van der Waals surface area contributed by atoms with Crippen molar-refractivity contribution in [1.29, 1.82) is 0 Å². The Balaban J connectivity index is 1.89. The van der Waals surface area contributed by atoms with Crippen molar-refractivity contribution in [2.45, 2.75) is 25.1 Å². The summed E-state index contributed by atoms with van der Waals surface area (Å²) in [7, 11) is 0. The number of benzene rings is 2. The van der Waals surface area contributed by atoms with Crippen LogP contribution < -0.4 is 0 Å². The molecule has 0 bridgehead atoms. The molecule has 2 aromatic rings. The summed E-state index contributed by atoms with van der Waals surface area (Å²) in [4.78, 5) is 13.3. The monoisotopic (exact) mass is 363 g/mol. The predicted octanol–water partition coefficient (Wildman–Crippen LogP) is 4.59. The maximum atomic E-state index is 12.9. The molecular formula is C20H20F3NO2. The molecule has 138 valence electrons. The van der Waals surface area contributed by atoms with Gasteiger partial charge in [-0.3, -0.25) is 9.69 Å². The zero-order valence-corrected chi connectivity index (χ0v) is 14.1.